The first-order valence-electron chi connectivity index (χ1n) is 9.10. The Bertz CT molecular complexity index is 859. The second kappa shape index (κ2) is 8.90. The zero-order chi connectivity index (χ0) is 19.1. The fraction of sp³-hybridized carbons (Fsp3) is 0.174. The SMILES string of the molecule is CCC(Oc1ccc(C)cc1)C(=O)Nc1ccc(Nc2ccccc2)cc1. The number of carbonyl (C=O) groups excluding carboxylic acids is 1. The summed E-state index contributed by atoms with van der Waals surface area (Å²) in [6, 6.07) is 25.3. The molecule has 0 spiro atoms. The van der Waals surface area contributed by atoms with Gasteiger partial charge in [-0.3, -0.25) is 4.79 Å². The van der Waals surface area contributed by atoms with E-state index in [1.54, 1.807) is 0 Å². The van der Waals surface area contributed by atoms with E-state index in [4.69, 9.17) is 4.74 Å². The molecule has 0 saturated carbocycles. The van der Waals surface area contributed by atoms with Crippen LogP contribution in [0.2, 0.25) is 0 Å². The van der Waals surface area contributed by atoms with Gasteiger partial charge >= 0.3 is 0 Å². The highest BCUT2D eigenvalue weighted by Gasteiger charge is 2.18. The van der Waals surface area contributed by atoms with Crippen LogP contribution in [0.5, 0.6) is 5.75 Å². The predicted molar refractivity (Wildman–Crippen MR) is 111 cm³/mol. The van der Waals surface area contributed by atoms with Crippen molar-refractivity contribution in [1.82, 2.24) is 0 Å². The van der Waals surface area contributed by atoms with Crippen LogP contribution in [-0.2, 0) is 4.79 Å². The Hall–Kier alpha value is -3.27. The van der Waals surface area contributed by atoms with E-state index in [-0.39, 0.29) is 5.91 Å². The van der Waals surface area contributed by atoms with Crippen molar-refractivity contribution in [3.8, 4) is 5.75 Å². The van der Waals surface area contributed by atoms with E-state index >= 15 is 0 Å². The van der Waals surface area contributed by atoms with Gasteiger partial charge in [0.25, 0.3) is 5.91 Å². The maximum atomic E-state index is 12.5. The Kier molecular flexibility index (Phi) is 6.10. The molecule has 1 amide bonds. The summed E-state index contributed by atoms with van der Waals surface area (Å²) in [4.78, 5) is 12.5. The Morgan fingerprint density at radius 2 is 1.44 bits per heavy atom. The molecule has 0 aromatic heterocycles. The molecular weight excluding hydrogens is 336 g/mol. The molecule has 1 unspecified atom stereocenters. The summed E-state index contributed by atoms with van der Waals surface area (Å²) in [5.41, 5.74) is 3.88. The molecule has 0 bridgehead atoms. The zero-order valence-electron chi connectivity index (χ0n) is 15.6. The van der Waals surface area contributed by atoms with Gasteiger partial charge in [0.15, 0.2) is 6.10 Å². The van der Waals surface area contributed by atoms with Crippen LogP contribution in [0.4, 0.5) is 17.1 Å². The maximum Gasteiger partial charge on any atom is 0.265 e. The summed E-state index contributed by atoms with van der Waals surface area (Å²) in [7, 11) is 0. The first-order valence-corrected chi connectivity index (χ1v) is 9.10. The zero-order valence-corrected chi connectivity index (χ0v) is 15.6. The lowest BCUT2D eigenvalue weighted by Gasteiger charge is -2.17. The summed E-state index contributed by atoms with van der Waals surface area (Å²) in [6.07, 6.45) is 0.0581. The highest BCUT2D eigenvalue weighted by atomic mass is 16.5. The van der Waals surface area contributed by atoms with Crippen molar-refractivity contribution in [2.75, 3.05) is 10.6 Å². The quantitative estimate of drug-likeness (QED) is 0.582. The molecule has 138 valence electrons. The van der Waals surface area contributed by atoms with E-state index in [1.165, 1.54) is 0 Å². The number of para-hydroxylation sites is 1. The first-order chi connectivity index (χ1) is 13.1. The van der Waals surface area contributed by atoms with Crippen molar-refractivity contribution in [1.29, 1.82) is 0 Å². The van der Waals surface area contributed by atoms with E-state index in [1.807, 2.05) is 92.7 Å². The number of ether oxygens (including phenoxy) is 1. The van der Waals surface area contributed by atoms with Gasteiger partial charge < -0.3 is 15.4 Å². The van der Waals surface area contributed by atoms with Crippen LogP contribution in [0.15, 0.2) is 78.9 Å². The van der Waals surface area contributed by atoms with Crippen LogP contribution in [0.25, 0.3) is 0 Å². The Morgan fingerprint density at radius 1 is 0.852 bits per heavy atom. The molecular formula is C23H24N2O2. The maximum absolute atomic E-state index is 12.5. The third kappa shape index (κ3) is 5.35. The van der Waals surface area contributed by atoms with Crippen molar-refractivity contribution in [2.45, 2.75) is 26.4 Å². The molecule has 3 rings (SSSR count). The monoisotopic (exact) mass is 360 g/mol. The van der Waals surface area contributed by atoms with Crippen molar-refractivity contribution < 1.29 is 9.53 Å². The van der Waals surface area contributed by atoms with Gasteiger partial charge in [-0.15, -0.1) is 0 Å². The third-order valence-corrected chi connectivity index (χ3v) is 4.18. The van der Waals surface area contributed by atoms with E-state index in [9.17, 15) is 4.79 Å². The molecule has 3 aromatic carbocycles. The van der Waals surface area contributed by atoms with Crippen molar-refractivity contribution >= 4 is 23.0 Å². The normalized spacial score (nSPS) is 11.5. The van der Waals surface area contributed by atoms with Crippen molar-refractivity contribution in [3.63, 3.8) is 0 Å². The molecule has 0 heterocycles. The van der Waals surface area contributed by atoms with Gasteiger partial charge in [-0.25, -0.2) is 0 Å². The highest BCUT2D eigenvalue weighted by molar-refractivity contribution is 5.94. The van der Waals surface area contributed by atoms with Gasteiger partial charge in [-0.2, -0.15) is 0 Å². The molecule has 4 nitrogen and oxygen atoms in total. The lowest BCUT2D eigenvalue weighted by Crippen LogP contribution is -2.32. The Labute approximate surface area is 160 Å². The third-order valence-electron chi connectivity index (χ3n) is 4.18. The number of hydrogen-bond donors (Lipinski definition) is 2. The molecule has 3 aromatic rings. The molecule has 27 heavy (non-hydrogen) atoms. The molecule has 0 aliphatic rings. The Morgan fingerprint density at radius 3 is 2.07 bits per heavy atom. The van der Waals surface area contributed by atoms with Crippen LogP contribution in [0.1, 0.15) is 18.9 Å². The number of amides is 1. The average Bonchev–Trinajstić information content (AvgIpc) is 2.70. The topological polar surface area (TPSA) is 50.4 Å². The van der Waals surface area contributed by atoms with Gasteiger partial charge in [0.2, 0.25) is 0 Å². The summed E-state index contributed by atoms with van der Waals surface area (Å²) in [5.74, 6) is 0.548. The number of carbonyl (C=O) groups is 1. The summed E-state index contributed by atoms with van der Waals surface area (Å²) >= 11 is 0. The number of anilines is 3. The van der Waals surface area contributed by atoms with E-state index in [0.717, 1.165) is 22.6 Å². The molecule has 0 aliphatic heterocycles. The lowest BCUT2D eigenvalue weighted by atomic mass is 10.2. The molecule has 0 fully saturated rings. The average molecular weight is 360 g/mol. The number of nitrogens with one attached hydrogen (secondary N) is 2. The Balaban J connectivity index is 1.59. The first kappa shape index (κ1) is 18.5. The minimum atomic E-state index is -0.533. The number of rotatable bonds is 7. The standard InChI is InChI=1S/C23H24N2O2/c1-3-22(27-21-15-9-17(2)10-16-21)23(26)25-20-13-11-19(12-14-20)24-18-7-5-4-6-8-18/h4-16,22,24H,3H2,1-2H3,(H,25,26). The molecule has 0 aliphatic carbocycles. The number of benzene rings is 3. The number of hydrogen-bond acceptors (Lipinski definition) is 3. The van der Waals surface area contributed by atoms with Gasteiger partial charge in [-0.1, -0.05) is 42.8 Å². The van der Waals surface area contributed by atoms with Crippen LogP contribution in [0.3, 0.4) is 0 Å². The van der Waals surface area contributed by atoms with E-state index in [0.29, 0.717) is 12.2 Å². The summed E-state index contributed by atoms with van der Waals surface area (Å²) in [5, 5.41) is 6.24. The largest absolute Gasteiger partial charge is 0.481 e. The van der Waals surface area contributed by atoms with Crippen LogP contribution in [0, 0.1) is 6.92 Å². The van der Waals surface area contributed by atoms with Crippen LogP contribution >= 0.6 is 0 Å². The minimum absolute atomic E-state index is 0.151. The van der Waals surface area contributed by atoms with Gasteiger partial charge in [0, 0.05) is 17.1 Å². The van der Waals surface area contributed by atoms with Crippen LogP contribution < -0.4 is 15.4 Å². The van der Waals surface area contributed by atoms with Gasteiger partial charge in [0.1, 0.15) is 5.75 Å². The molecule has 0 radical (unpaired) electrons. The summed E-state index contributed by atoms with van der Waals surface area (Å²) in [6.45, 7) is 3.95. The van der Waals surface area contributed by atoms with Crippen molar-refractivity contribution in [3.05, 3.63) is 84.4 Å². The van der Waals surface area contributed by atoms with E-state index < -0.39 is 6.10 Å². The molecule has 0 saturated heterocycles. The van der Waals surface area contributed by atoms with Gasteiger partial charge in [0.05, 0.1) is 0 Å². The smallest absolute Gasteiger partial charge is 0.265 e. The molecule has 4 heteroatoms. The molecule has 1 atom stereocenters. The molecule has 2 N–H and O–H groups in total. The fourth-order valence-corrected chi connectivity index (χ4v) is 2.65. The minimum Gasteiger partial charge on any atom is -0.481 e. The highest BCUT2D eigenvalue weighted by Crippen LogP contribution is 2.20. The van der Waals surface area contributed by atoms with E-state index in [2.05, 4.69) is 10.6 Å². The summed E-state index contributed by atoms with van der Waals surface area (Å²) < 4.78 is 5.83. The van der Waals surface area contributed by atoms with Gasteiger partial charge in [-0.05, 0) is 61.9 Å². The number of aryl methyl sites for hydroxylation is 1. The predicted octanol–water partition coefficient (Wildman–Crippen LogP) is 5.53. The lowest BCUT2D eigenvalue weighted by molar-refractivity contribution is -0.122. The van der Waals surface area contributed by atoms with Crippen molar-refractivity contribution in [2.24, 2.45) is 0 Å². The second-order valence-electron chi connectivity index (χ2n) is 6.39. The fourth-order valence-electron chi connectivity index (χ4n) is 2.65. The second-order valence-corrected chi connectivity index (χ2v) is 6.39. The van der Waals surface area contributed by atoms with Crippen LogP contribution in [-0.4, -0.2) is 12.0 Å².